The fourth-order valence-corrected chi connectivity index (χ4v) is 6.35. The van der Waals surface area contributed by atoms with Crippen LogP contribution in [-0.2, 0) is 0 Å². The highest BCUT2D eigenvalue weighted by Crippen LogP contribution is 2.42. The van der Waals surface area contributed by atoms with Gasteiger partial charge in [-0.05, 0) is 35.2 Å². The number of furan rings is 1. The van der Waals surface area contributed by atoms with Gasteiger partial charge in [0.25, 0.3) is 0 Å². The highest BCUT2D eigenvalue weighted by molar-refractivity contribution is 6.24. The van der Waals surface area contributed by atoms with Gasteiger partial charge in [-0.2, -0.15) is 0 Å². The van der Waals surface area contributed by atoms with Crippen LogP contribution in [0.2, 0.25) is 0 Å². The zero-order chi connectivity index (χ0) is 23.4. The highest BCUT2D eigenvalue weighted by Gasteiger charge is 2.19. The number of fused-ring (bicyclic) bond motifs is 11. The third kappa shape index (κ3) is 2.18. The second-order valence-corrected chi connectivity index (χ2v) is 9.73. The smallest absolute Gasteiger partial charge is 0.143 e. The molecule has 9 aromatic rings. The molecule has 0 N–H and O–H groups in total. The van der Waals surface area contributed by atoms with Crippen LogP contribution in [0.15, 0.2) is 120 Å². The third-order valence-corrected chi connectivity index (χ3v) is 7.92. The lowest BCUT2D eigenvalue weighted by Crippen LogP contribution is -1.82. The van der Waals surface area contributed by atoms with Gasteiger partial charge in [-0.25, -0.2) is 0 Å². The molecular formula is C34H19NO. The van der Waals surface area contributed by atoms with Gasteiger partial charge in [-0.15, -0.1) is 0 Å². The number of para-hydroxylation sites is 3. The van der Waals surface area contributed by atoms with Crippen molar-refractivity contribution >= 4 is 70.8 Å². The molecule has 36 heavy (non-hydrogen) atoms. The van der Waals surface area contributed by atoms with Gasteiger partial charge in [0.2, 0.25) is 0 Å². The Bertz CT molecular complexity index is 2310. The fraction of sp³-hybridized carbons (Fsp3) is 0. The van der Waals surface area contributed by atoms with Crippen LogP contribution in [0.5, 0.6) is 0 Å². The molecule has 2 nitrogen and oxygen atoms in total. The molecule has 0 aliphatic rings. The van der Waals surface area contributed by atoms with Crippen molar-refractivity contribution in [2.75, 3.05) is 0 Å². The summed E-state index contributed by atoms with van der Waals surface area (Å²) in [5, 5.41) is 9.87. The number of rotatable bonds is 1. The summed E-state index contributed by atoms with van der Waals surface area (Å²) >= 11 is 0. The fourth-order valence-electron chi connectivity index (χ4n) is 6.35. The first-order valence-electron chi connectivity index (χ1n) is 12.4. The van der Waals surface area contributed by atoms with E-state index in [4.69, 9.17) is 4.42 Å². The summed E-state index contributed by atoms with van der Waals surface area (Å²) in [4.78, 5) is 0. The number of benzene rings is 6. The minimum Gasteiger partial charge on any atom is -0.455 e. The third-order valence-electron chi connectivity index (χ3n) is 7.92. The van der Waals surface area contributed by atoms with E-state index in [1.807, 2.05) is 0 Å². The van der Waals surface area contributed by atoms with Crippen LogP contribution >= 0.6 is 0 Å². The van der Waals surface area contributed by atoms with E-state index in [9.17, 15) is 0 Å². The van der Waals surface area contributed by atoms with Gasteiger partial charge in [0.05, 0.1) is 16.6 Å². The van der Waals surface area contributed by atoms with Crippen LogP contribution in [0.25, 0.3) is 81.9 Å². The van der Waals surface area contributed by atoms with E-state index >= 15 is 0 Å². The van der Waals surface area contributed by atoms with Crippen molar-refractivity contribution in [3.05, 3.63) is 115 Å². The van der Waals surface area contributed by atoms with Crippen molar-refractivity contribution < 1.29 is 4.42 Å². The topological polar surface area (TPSA) is 17.6 Å². The second kappa shape index (κ2) is 6.44. The van der Waals surface area contributed by atoms with Gasteiger partial charge in [-0.3, -0.25) is 0 Å². The summed E-state index contributed by atoms with van der Waals surface area (Å²) in [7, 11) is 0. The van der Waals surface area contributed by atoms with Gasteiger partial charge < -0.3 is 8.82 Å². The molecule has 0 atom stereocenters. The van der Waals surface area contributed by atoms with E-state index in [0.717, 1.165) is 27.5 Å². The van der Waals surface area contributed by atoms with Crippen LogP contribution in [0.1, 0.15) is 0 Å². The lowest BCUT2D eigenvalue weighted by Gasteiger charge is -2.04. The lowest BCUT2D eigenvalue weighted by molar-refractivity contribution is 0.674. The SMILES string of the molecule is c1ccc2c(c1)ccc1c3cccc(-c4ccc5c(c4)c4cccc6c7ccccc7n5c64)c3oc21. The monoisotopic (exact) mass is 457 g/mol. The first-order valence-corrected chi connectivity index (χ1v) is 12.4. The van der Waals surface area contributed by atoms with E-state index in [-0.39, 0.29) is 0 Å². The summed E-state index contributed by atoms with van der Waals surface area (Å²) in [5.41, 5.74) is 8.03. The van der Waals surface area contributed by atoms with Gasteiger partial charge in [0.1, 0.15) is 11.2 Å². The molecule has 0 bridgehead atoms. The molecule has 0 amide bonds. The van der Waals surface area contributed by atoms with Crippen molar-refractivity contribution in [2.24, 2.45) is 0 Å². The summed E-state index contributed by atoms with van der Waals surface area (Å²) in [5.74, 6) is 0. The van der Waals surface area contributed by atoms with E-state index in [2.05, 4.69) is 120 Å². The maximum Gasteiger partial charge on any atom is 0.143 e. The molecule has 0 radical (unpaired) electrons. The molecule has 0 aliphatic carbocycles. The maximum absolute atomic E-state index is 6.63. The standard InChI is InChI=1S/C34H19NO/c1-2-8-22-20(7-1)15-17-28-27-13-5-10-23(34(27)36-33(22)28)21-16-18-31-29(19-21)26-12-6-11-25-24-9-3-4-14-30(24)35(31)32(25)26/h1-19H. The van der Waals surface area contributed by atoms with E-state index < -0.39 is 0 Å². The molecule has 0 saturated carbocycles. The highest BCUT2D eigenvalue weighted by atomic mass is 16.3. The van der Waals surface area contributed by atoms with Crippen molar-refractivity contribution in [3.8, 4) is 11.1 Å². The Balaban J connectivity index is 1.37. The molecule has 3 aromatic heterocycles. The average molecular weight is 458 g/mol. The molecule has 0 unspecified atom stereocenters. The number of nitrogens with zero attached hydrogens (tertiary/aromatic N) is 1. The Morgan fingerprint density at radius 3 is 2.08 bits per heavy atom. The zero-order valence-corrected chi connectivity index (χ0v) is 19.3. The van der Waals surface area contributed by atoms with Crippen LogP contribution in [0.3, 0.4) is 0 Å². The predicted molar refractivity (Wildman–Crippen MR) is 151 cm³/mol. The lowest BCUT2D eigenvalue weighted by atomic mass is 9.99. The van der Waals surface area contributed by atoms with Gasteiger partial charge in [0, 0.05) is 43.3 Å². The Labute approximate surface area is 205 Å². The first-order chi connectivity index (χ1) is 17.9. The summed E-state index contributed by atoms with van der Waals surface area (Å²) < 4.78 is 9.05. The molecular weight excluding hydrogens is 438 g/mol. The average Bonchev–Trinajstić information content (AvgIpc) is 3.60. The normalized spacial score (nSPS) is 12.4. The molecule has 2 heteroatoms. The number of hydrogen-bond donors (Lipinski definition) is 0. The zero-order valence-electron chi connectivity index (χ0n) is 19.3. The predicted octanol–water partition coefficient (Wildman–Crippen LogP) is 9.56. The number of hydrogen-bond acceptors (Lipinski definition) is 1. The molecule has 3 heterocycles. The van der Waals surface area contributed by atoms with Crippen LogP contribution < -0.4 is 0 Å². The van der Waals surface area contributed by atoms with E-state index in [0.29, 0.717) is 0 Å². The summed E-state index contributed by atoms with van der Waals surface area (Å²) in [6, 6.07) is 41.5. The van der Waals surface area contributed by atoms with Crippen LogP contribution in [0.4, 0.5) is 0 Å². The Hall–Kier alpha value is -4.82. The minimum absolute atomic E-state index is 0.949. The van der Waals surface area contributed by atoms with Gasteiger partial charge in [0.15, 0.2) is 0 Å². The first kappa shape index (κ1) is 18.5. The molecule has 0 fully saturated rings. The Morgan fingerprint density at radius 1 is 0.444 bits per heavy atom. The van der Waals surface area contributed by atoms with Crippen molar-refractivity contribution in [2.45, 2.75) is 0 Å². The van der Waals surface area contributed by atoms with Crippen molar-refractivity contribution in [3.63, 3.8) is 0 Å². The molecule has 0 aliphatic heterocycles. The van der Waals surface area contributed by atoms with Crippen LogP contribution in [0, 0.1) is 0 Å². The maximum atomic E-state index is 6.63. The van der Waals surface area contributed by atoms with Gasteiger partial charge >= 0.3 is 0 Å². The second-order valence-electron chi connectivity index (χ2n) is 9.73. The minimum atomic E-state index is 0.949. The molecule has 9 rings (SSSR count). The quantitative estimate of drug-likeness (QED) is 0.240. The summed E-state index contributed by atoms with van der Waals surface area (Å²) in [6.45, 7) is 0. The largest absolute Gasteiger partial charge is 0.455 e. The molecule has 0 spiro atoms. The van der Waals surface area contributed by atoms with Crippen LogP contribution in [-0.4, -0.2) is 4.40 Å². The molecule has 166 valence electrons. The van der Waals surface area contributed by atoms with E-state index in [1.165, 1.54) is 54.4 Å². The van der Waals surface area contributed by atoms with Crippen molar-refractivity contribution in [1.29, 1.82) is 0 Å². The Kier molecular flexibility index (Phi) is 3.31. The van der Waals surface area contributed by atoms with Gasteiger partial charge in [-0.1, -0.05) is 91.0 Å². The molecule has 0 saturated heterocycles. The van der Waals surface area contributed by atoms with Crippen molar-refractivity contribution in [1.82, 2.24) is 4.40 Å². The summed E-state index contributed by atoms with van der Waals surface area (Å²) in [6.07, 6.45) is 0. The van der Waals surface area contributed by atoms with E-state index in [1.54, 1.807) is 0 Å². The number of aromatic nitrogens is 1. The Morgan fingerprint density at radius 2 is 1.14 bits per heavy atom. The molecule has 6 aromatic carbocycles.